The summed E-state index contributed by atoms with van der Waals surface area (Å²) in [6.07, 6.45) is 0.790. The first kappa shape index (κ1) is 23.0. The summed E-state index contributed by atoms with van der Waals surface area (Å²) in [6.45, 7) is 3.46. The third-order valence-electron chi connectivity index (χ3n) is 5.32. The zero-order valence-electron chi connectivity index (χ0n) is 18.3. The monoisotopic (exact) mass is 467 g/mol. The first-order chi connectivity index (χ1) is 16.1. The summed E-state index contributed by atoms with van der Waals surface area (Å²) in [5.74, 6) is 0.282. The third-order valence-corrected chi connectivity index (χ3v) is 5.32. The van der Waals surface area contributed by atoms with Crippen LogP contribution in [0.1, 0.15) is 46.1 Å². The van der Waals surface area contributed by atoms with Gasteiger partial charge in [-0.25, -0.2) is 19.9 Å². The number of alkyl halides is 3. The van der Waals surface area contributed by atoms with E-state index in [0.29, 0.717) is 22.5 Å². The number of carbonyl (C=O) groups is 1. The smallest absolute Gasteiger partial charge is 0.383 e. The molecule has 0 spiro atoms. The number of pyridine rings is 3. The highest BCUT2D eigenvalue weighted by Crippen LogP contribution is 2.29. The lowest BCUT2D eigenvalue weighted by Crippen LogP contribution is -2.35. The fourth-order valence-electron chi connectivity index (χ4n) is 3.37. The molecule has 11 heteroatoms. The molecule has 0 aliphatic rings. The molecule has 4 rings (SSSR count). The second-order valence-corrected chi connectivity index (χ2v) is 7.70. The maximum atomic E-state index is 13.5. The molecule has 2 N–H and O–H groups in total. The first-order valence-corrected chi connectivity index (χ1v) is 10.3. The van der Waals surface area contributed by atoms with Crippen molar-refractivity contribution in [1.82, 2.24) is 29.8 Å². The van der Waals surface area contributed by atoms with E-state index in [1.165, 1.54) is 17.2 Å². The predicted octanol–water partition coefficient (Wildman–Crippen LogP) is 4.13. The zero-order chi connectivity index (χ0) is 24.5. The molecule has 0 aliphatic heterocycles. The maximum absolute atomic E-state index is 13.5. The lowest BCUT2D eigenvalue weighted by molar-refractivity contribution is -0.137. The van der Waals surface area contributed by atoms with Gasteiger partial charge in [-0.3, -0.25) is 9.78 Å². The number of nitrogens with zero attached hydrogens (tertiary/aromatic N) is 6. The number of hydrogen-bond donors (Lipinski definition) is 1. The molecule has 4 aromatic heterocycles. The Hall–Kier alpha value is -4.15. The summed E-state index contributed by atoms with van der Waals surface area (Å²) in [6, 6.07) is 6.62. The van der Waals surface area contributed by atoms with E-state index < -0.39 is 23.7 Å². The topological polar surface area (TPSA) is 111 Å². The molecule has 8 nitrogen and oxygen atoms in total. The van der Waals surface area contributed by atoms with Gasteiger partial charge in [0, 0.05) is 24.0 Å². The maximum Gasteiger partial charge on any atom is 0.417 e. The molecule has 0 saturated carbocycles. The normalized spacial score (nSPS) is 12.5. The number of amides is 1. The Bertz CT molecular complexity index is 1330. The average Bonchev–Trinajstić information content (AvgIpc) is 2.82. The van der Waals surface area contributed by atoms with Gasteiger partial charge in [0.2, 0.25) is 0 Å². The van der Waals surface area contributed by atoms with E-state index in [2.05, 4.69) is 24.9 Å². The molecule has 0 aliphatic carbocycles. The van der Waals surface area contributed by atoms with Crippen molar-refractivity contribution in [3.8, 4) is 0 Å². The lowest BCUT2D eigenvalue weighted by atomic mass is 10.1. The summed E-state index contributed by atoms with van der Waals surface area (Å²) < 4.78 is 38.8. The minimum absolute atomic E-state index is 0.0743. The van der Waals surface area contributed by atoms with Crippen LogP contribution in [0.15, 0.2) is 55.1 Å². The van der Waals surface area contributed by atoms with E-state index in [-0.39, 0.29) is 17.9 Å². The highest BCUT2D eigenvalue weighted by atomic mass is 19.4. The van der Waals surface area contributed by atoms with Crippen LogP contribution in [0, 0.1) is 6.92 Å². The van der Waals surface area contributed by atoms with Crippen LogP contribution in [0.3, 0.4) is 0 Å². The number of aromatic nitrogens is 5. The van der Waals surface area contributed by atoms with Gasteiger partial charge in [-0.1, -0.05) is 0 Å². The molecule has 0 bridgehead atoms. The molecule has 0 radical (unpaired) electrons. The second kappa shape index (κ2) is 9.00. The summed E-state index contributed by atoms with van der Waals surface area (Å²) in [7, 11) is 0. The molecule has 0 fully saturated rings. The molecule has 34 heavy (non-hydrogen) atoms. The molecule has 174 valence electrons. The van der Waals surface area contributed by atoms with Crippen LogP contribution < -0.4 is 5.73 Å². The van der Waals surface area contributed by atoms with Crippen molar-refractivity contribution in [2.45, 2.75) is 32.6 Å². The van der Waals surface area contributed by atoms with E-state index >= 15 is 0 Å². The number of halogens is 3. The second-order valence-electron chi connectivity index (χ2n) is 7.70. The number of aryl methyl sites for hydroxylation is 1. The molecular weight excluding hydrogens is 447 g/mol. The number of carbonyl (C=O) groups excluding carboxylic acids is 1. The van der Waals surface area contributed by atoms with Gasteiger partial charge in [0.1, 0.15) is 17.3 Å². The number of nitrogens with two attached hydrogens (primary N) is 1. The summed E-state index contributed by atoms with van der Waals surface area (Å²) in [5, 5.41) is 0.682. The molecule has 0 aromatic carbocycles. The molecule has 1 amide bonds. The molecule has 0 unspecified atom stereocenters. The molecule has 4 aromatic rings. The van der Waals surface area contributed by atoms with Gasteiger partial charge in [-0.2, -0.15) is 13.2 Å². The van der Waals surface area contributed by atoms with Crippen LogP contribution in [0.5, 0.6) is 0 Å². The SMILES string of the molecule is Cc1cc2cc(C(=O)N(Cc3ccc(C(F)(F)F)cn3)[C@H](C)c3ncccn3)ncc2nc1N. The fourth-order valence-corrected chi connectivity index (χ4v) is 3.37. The first-order valence-electron chi connectivity index (χ1n) is 10.3. The highest BCUT2D eigenvalue weighted by molar-refractivity contribution is 5.96. The highest BCUT2D eigenvalue weighted by Gasteiger charge is 2.31. The Morgan fingerprint density at radius 1 is 1.09 bits per heavy atom. The Morgan fingerprint density at radius 3 is 2.47 bits per heavy atom. The van der Waals surface area contributed by atoms with Crippen LogP contribution in [-0.4, -0.2) is 35.7 Å². The number of anilines is 1. The van der Waals surface area contributed by atoms with Gasteiger partial charge in [0.15, 0.2) is 0 Å². The van der Waals surface area contributed by atoms with Crippen LogP contribution in [-0.2, 0) is 12.7 Å². The standard InChI is InChI=1S/C23H20F3N7O/c1-13-8-15-9-18(31-11-19(15)32-20(13)27)22(34)33(14(2)21-28-6-3-7-29-21)12-17-5-4-16(10-30-17)23(24,25)26/h3-11,14H,12H2,1-2H3,(H2,27,32)/t14-/m1/s1. The van der Waals surface area contributed by atoms with Gasteiger partial charge in [-0.15, -0.1) is 0 Å². The largest absolute Gasteiger partial charge is 0.417 e. The number of rotatable bonds is 5. The Kier molecular flexibility index (Phi) is 6.10. The van der Waals surface area contributed by atoms with E-state index in [0.717, 1.165) is 17.8 Å². The van der Waals surface area contributed by atoms with Gasteiger partial charge >= 0.3 is 6.18 Å². The van der Waals surface area contributed by atoms with Crippen molar-refractivity contribution in [2.24, 2.45) is 0 Å². The van der Waals surface area contributed by atoms with Crippen molar-refractivity contribution in [3.05, 3.63) is 83.5 Å². The summed E-state index contributed by atoms with van der Waals surface area (Å²) in [4.78, 5) is 35.8. The van der Waals surface area contributed by atoms with Crippen molar-refractivity contribution >= 4 is 22.6 Å². The molecule has 0 saturated heterocycles. The van der Waals surface area contributed by atoms with Gasteiger partial charge in [0.25, 0.3) is 5.91 Å². The van der Waals surface area contributed by atoms with Crippen molar-refractivity contribution in [2.75, 3.05) is 5.73 Å². The Balaban J connectivity index is 1.70. The summed E-state index contributed by atoms with van der Waals surface area (Å²) in [5.41, 5.74) is 6.69. The summed E-state index contributed by atoms with van der Waals surface area (Å²) >= 11 is 0. The van der Waals surface area contributed by atoms with Crippen LogP contribution in [0.25, 0.3) is 10.9 Å². The lowest BCUT2D eigenvalue weighted by Gasteiger charge is -2.28. The quantitative estimate of drug-likeness (QED) is 0.470. The molecular formula is C23H20F3N7O. The molecule has 4 heterocycles. The van der Waals surface area contributed by atoms with Crippen LogP contribution in [0.2, 0.25) is 0 Å². The van der Waals surface area contributed by atoms with Gasteiger partial charge < -0.3 is 10.6 Å². The Morgan fingerprint density at radius 2 is 1.82 bits per heavy atom. The minimum Gasteiger partial charge on any atom is -0.383 e. The molecule has 1 atom stereocenters. The van der Waals surface area contributed by atoms with Crippen LogP contribution >= 0.6 is 0 Å². The van der Waals surface area contributed by atoms with Crippen molar-refractivity contribution in [1.29, 1.82) is 0 Å². The van der Waals surface area contributed by atoms with E-state index in [4.69, 9.17) is 5.73 Å². The number of hydrogen-bond acceptors (Lipinski definition) is 7. The average molecular weight is 467 g/mol. The zero-order valence-corrected chi connectivity index (χ0v) is 18.3. The number of nitrogen functional groups attached to an aromatic ring is 1. The number of fused-ring (bicyclic) bond motifs is 1. The van der Waals surface area contributed by atoms with Gasteiger partial charge in [0.05, 0.1) is 35.6 Å². The van der Waals surface area contributed by atoms with Crippen molar-refractivity contribution in [3.63, 3.8) is 0 Å². The predicted molar refractivity (Wildman–Crippen MR) is 118 cm³/mol. The van der Waals surface area contributed by atoms with E-state index in [1.807, 2.05) is 6.07 Å². The van der Waals surface area contributed by atoms with E-state index in [9.17, 15) is 18.0 Å². The Labute approximate surface area is 192 Å². The van der Waals surface area contributed by atoms with E-state index in [1.54, 1.807) is 38.4 Å². The van der Waals surface area contributed by atoms with Crippen LogP contribution in [0.4, 0.5) is 19.0 Å². The van der Waals surface area contributed by atoms with Crippen molar-refractivity contribution < 1.29 is 18.0 Å². The third kappa shape index (κ3) is 4.77. The fraction of sp³-hybridized carbons (Fsp3) is 0.217. The van der Waals surface area contributed by atoms with Gasteiger partial charge in [-0.05, 0) is 49.7 Å². The minimum atomic E-state index is -4.50.